The Hall–Kier alpha value is -1.87. The molecule has 3 rings (SSSR count). The molecule has 1 aliphatic rings. The van der Waals surface area contributed by atoms with Crippen molar-refractivity contribution in [2.24, 2.45) is 4.99 Å². The number of carbonyl (C=O) groups excluding carboxylic acids is 1. The van der Waals surface area contributed by atoms with Gasteiger partial charge in [0.25, 0.3) is 5.91 Å². The molecule has 0 aromatic heterocycles. The number of amides is 1. The van der Waals surface area contributed by atoms with E-state index in [4.69, 9.17) is 11.6 Å². The molecule has 1 saturated carbocycles. The van der Waals surface area contributed by atoms with Crippen molar-refractivity contribution < 1.29 is 9.18 Å². The monoisotopic (exact) mass is 558 g/mol. The van der Waals surface area contributed by atoms with E-state index in [0.717, 1.165) is 24.9 Å². The second kappa shape index (κ2) is 11.7. The minimum absolute atomic E-state index is 0. The van der Waals surface area contributed by atoms with Crippen LogP contribution in [0.15, 0.2) is 47.5 Å². The molecule has 2 N–H and O–H groups in total. The van der Waals surface area contributed by atoms with Crippen LogP contribution < -0.4 is 10.6 Å². The predicted octanol–water partition coefficient (Wildman–Crippen LogP) is 4.45. The SMILES string of the molecule is CCNC(=NCCc1cccc(C(=O)N(C)C)c1)NC1CC1c1c(F)cccc1Cl.I. The van der Waals surface area contributed by atoms with Gasteiger partial charge in [-0.25, -0.2) is 4.39 Å². The molecular weight excluding hydrogens is 530 g/mol. The lowest BCUT2D eigenvalue weighted by atomic mass is 10.1. The number of benzene rings is 2. The van der Waals surface area contributed by atoms with Crippen LogP contribution in [0.5, 0.6) is 0 Å². The first kappa shape index (κ1) is 25.4. The number of halogens is 3. The van der Waals surface area contributed by atoms with Crippen molar-refractivity contribution in [2.45, 2.75) is 31.7 Å². The number of nitrogens with zero attached hydrogens (tertiary/aromatic N) is 2. The smallest absolute Gasteiger partial charge is 0.253 e. The molecule has 0 saturated heterocycles. The highest BCUT2D eigenvalue weighted by Crippen LogP contribution is 2.44. The third-order valence-electron chi connectivity index (χ3n) is 5.08. The van der Waals surface area contributed by atoms with E-state index < -0.39 is 0 Å². The molecule has 2 aromatic carbocycles. The van der Waals surface area contributed by atoms with Crippen LogP contribution in [0.25, 0.3) is 0 Å². The van der Waals surface area contributed by atoms with Gasteiger partial charge in [-0.3, -0.25) is 9.79 Å². The van der Waals surface area contributed by atoms with Crippen molar-refractivity contribution in [1.82, 2.24) is 15.5 Å². The fourth-order valence-corrected chi connectivity index (χ4v) is 3.75. The minimum Gasteiger partial charge on any atom is -0.357 e. The summed E-state index contributed by atoms with van der Waals surface area (Å²) in [5, 5.41) is 7.09. The fourth-order valence-electron chi connectivity index (χ4n) is 3.45. The highest BCUT2D eigenvalue weighted by atomic mass is 127. The van der Waals surface area contributed by atoms with Gasteiger partial charge in [0.2, 0.25) is 0 Å². The summed E-state index contributed by atoms with van der Waals surface area (Å²) in [6.45, 7) is 3.31. The van der Waals surface area contributed by atoms with Gasteiger partial charge in [0.15, 0.2) is 5.96 Å². The van der Waals surface area contributed by atoms with Gasteiger partial charge >= 0.3 is 0 Å². The van der Waals surface area contributed by atoms with Gasteiger partial charge in [0.05, 0.1) is 0 Å². The first-order valence-corrected chi connectivity index (χ1v) is 10.6. The van der Waals surface area contributed by atoms with Crippen LogP contribution >= 0.6 is 35.6 Å². The van der Waals surface area contributed by atoms with Crippen LogP contribution in [-0.2, 0) is 6.42 Å². The summed E-state index contributed by atoms with van der Waals surface area (Å²) in [4.78, 5) is 18.3. The average Bonchev–Trinajstić information content (AvgIpc) is 3.46. The Balaban J connectivity index is 0.00000341. The molecule has 0 radical (unpaired) electrons. The van der Waals surface area contributed by atoms with Gasteiger partial charge in [-0.15, -0.1) is 24.0 Å². The molecule has 2 unspecified atom stereocenters. The molecule has 0 aliphatic heterocycles. The molecule has 0 spiro atoms. The summed E-state index contributed by atoms with van der Waals surface area (Å²) < 4.78 is 14.1. The third kappa shape index (κ3) is 6.80. The standard InChI is InChI=1S/C23H28ClFN4O.HI/c1-4-26-23(28-20-14-17(20)21-18(24)9-6-10-19(21)25)27-12-11-15-7-5-8-16(13-15)22(30)29(2)3;/h5-10,13,17,20H,4,11-12,14H2,1-3H3,(H2,26,27,28);1H. The van der Waals surface area contributed by atoms with Crippen molar-refractivity contribution in [3.05, 3.63) is 70.0 Å². The summed E-state index contributed by atoms with van der Waals surface area (Å²) in [6.07, 6.45) is 1.54. The number of rotatable bonds is 7. The molecule has 2 atom stereocenters. The third-order valence-corrected chi connectivity index (χ3v) is 5.41. The maximum atomic E-state index is 14.1. The van der Waals surface area contributed by atoms with Crippen molar-refractivity contribution in [3.63, 3.8) is 0 Å². The number of hydrogen-bond donors (Lipinski definition) is 2. The van der Waals surface area contributed by atoms with Gasteiger partial charge in [-0.1, -0.05) is 29.8 Å². The zero-order chi connectivity index (χ0) is 21.7. The van der Waals surface area contributed by atoms with E-state index in [1.807, 2.05) is 31.2 Å². The van der Waals surface area contributed by atoms with Crippen LogP contribution in [0.2, 0.25) is 5.02 Å². The van der Waals surface area contributed by atoms with Crippen molar-refractivity contribution >= 4 is 47.4 Å². The Morgan fingerprint density at radius 1 is 1.26 bits per heavy atom. The highest BCUT2D eigenvalue weighted by molar-refractivity contribution is 14.0. The summed E-state index contributed by atoms with van der Waals surface area (Å²) in [5.74, 6) is 0.488. The van der Waals surface area contributed by atoms with E-state index in [1.54, 1.807) is 31.1 Å². The maximum Gasteiger partial charge on any atom is 0.253 e. The van der Waals surface area contributed by atoms with E-state index in [9.17, 15) is 9.18 Å². The van der Waals surface area contributed by atoms with E-state index in [2.05, 4.69) is 15.6 Å². The number of hydrogen-bond acceptors (Lipinski definition) is 2. The first-order chi connectivity index (χ1) is 14.4. The Bertz CT molecular complexity index is 917. The average molecular weight is 559 g/mol. The summed E-state index contributed by atoms with van der Waals surface area (Å²) in [7, 11) is 3.49. The molecule has 8 heteroatoms. The molecule has 1 fully saturated rings. The van der Waals surface area contributed by atoms with Crippen LogP contribution in [0.4, 0.5) is 4.39 Å². The predicted molar refractivity (Wildman–Crippen MR) is 135 cm³/mol. The molecule has 0 heterocycles. The number of aliphatic imine (C=N–C) groups is 1. The second-order valence-corrected chi connectivity index (χ2v) is 8.05. The Labute approximate surface area is 205 Å². The van der Waals surface area contributed by atoms with Crippen molar-refractivity contribution in [1.29, 1.82) is 0 Å². The molecule has 1 amide bonds. The van der Waals surface area contributed by atoms with Gasteiger partial charge in [0, 0.05) is 55.3 Å². The lowest BCUT2D eigenvalue weighted by Crippen LogP contribution is -2.39. The topological polar surface area (TPSA) is 56.7 Å². The van der Waals surface area contributed by atoms with Crippen LogP contribution in [0.1, 0.15) is 40.7 Å². The van der Waals surface area contributed by atoms with Gasteiger partial charge in [-0.2, -0.15) is 0 Å². The summed E-state index contributed by atoms with van der Waals surface area (Å²) >= 11 is 6.19. The van der Waals surface area contributed by atoms with E-state index in [1.165, 1.54) is 6.07 Å². The molecule has 31 heavy (non-hydrogen) atoms. The van der Waals surface area contributed by atoms with Crippen molar-refractivity contribution in [3.8, 4) is 0 Å². The van der Waals surface area contributed by atoms with E-state index >= 15 is 0 Å². The summed E-state index contributed by atoms with van der Waals surface area (Å²) in [5.41, 5.74) is 2.31. The van der Waals surface area contributed by atoms with Crippen molar-refractivity contribution in [2.75, 3.05) is 27.2 Å². The van der Waals surface area contributed by atoms with E-state index in [-0.39, 0.29) is 47.7 Å². The molecule has 168 valence electrons. The maximum absolute atomic E-state index is 14.1. The number of carbonyl (C=O) groups is 1. The fraction of sp³-hybridized carbons (Fsp3) is 0.391. The number of guanidine groups is 1. The second-order valence-electron chi connectivity index (χ2n) is 7.64. The quantitative estimate of drug-likeness (QED) is 0.300. The van der Waals surface area contributed by atoms with Gasteiger partial charge in [0.1, 0.15) is 5.82 Å². The molecule has 0 bridgehead atoms. The summed E-state index contributed by atoms with van der Waals surface area (Å²) in [6, 6.07) is 12.5. The van der Waals surface area contributed by atoms with Gasteiger partial charge < -0.3 is 15.5 Å². The minimum atomic E-state index is -0.258. The normalized spacial score (nSPS) is 17.5. The van der Waals surface area contributed by atoms with Crippen LogP contribution in [0.3, 0.4) is 0 Å². The van der Waals surface area contributed by atoms with E-state index in [0.29, 0.717) is 28.7 Å². The molecule has 1 aliphatic carbocycles. The van der Waals surface area contributed by atoms with Crippen LogP contribution in [0, 0.1) is 5.82 Å². The Kier molecular flexibility index (Phi) is 9.55. The first-order valence-electron chi connectivity index (χ1n) is 10.2. The Morgan fingerprint density at radius 2 is 2.00 bits per heavy atom. The Morgan fingerprint density at radius 3 is 2.68 bits per heavy atom. The van der Waals surface area contributed by atoms with Gasteiger partial charge in [-0.05, 0) is 49.6 Å². The number of nitrogens with one attached hydrogen (secondary N) is 2. The zero-order valence-corrected chi connectivity index (χ0v) is 21.1. The molecule has 2 aromatic rings. The lowest BCUT2D eigenvalue weighted by molar-refractivity contribution is 0.0827. The zero-order valence-electron chi connectivity index (χ0n) is 18.0. The molecule has 5 nitrogen and oxygen atoms in total. The molecular formula is C23H29ClFIN4O. The highest BCUT2D eigenvalue weighted by Gasteiger charge is 2.41. The largest absolute Gasteiger partial charge is 0.357 e. The van der Waals surface area contributed by atoms with Crippen LogP contribution in [-0.4, -0.2) is 50.0 Å². The lowest BCUT2D eigenvalue weighted by Gasteiger charge is -2.13.